The molecule has 8 nitrogen and oxygen atoms in total. The van der Waals surface area contributed by atoms with Crippen LogP contribution in [0.3, 0.4) is 0 Å². The second-order valence-corrected chi connectivity index (χ2v) is 6.28. The number of fused-ring (bicyclic) bond motifs is 1. The molecular weight excluding hydrogens is 373 g/mol. The van der Waals surface area contributed by atoms with Crippen molar-refractivity contribution in [3.8, 4) is 34.1 Å². The first-order valence-electron chi connectivity index (χ1n) is 8.75. The number of methoxy groups -OCH3 is 1. The molecule has 0 saturated heterocycles. The third-order valence-electron chi connectivity index (χ3n) is 4.56. The molecule has 0 unspecified atom stereocenters. The third-order valence-corrected chi connectivity index (χ3v) is 4.56. The molecule has 4 heterocycles. The zero-order chi connectivity index (χ0) is 19.8. The van der Waals surface area contributed by atoms with E-state index in [-0.39, 0.29) is 0 Å². The van der Waals surface area contributed by atoms with Crippen molar-refractivity contribution in [2.45, 2.75) is 0 Å². The average molecular weight is 387 g/mol. The summed E-state index contributed by atoms with van der Waals surface area (Å²) in [5.41, 5.74) is 3.89. The zero-order valence-corrected chi connectivity index (χ0v) is 15.2. The van der Waals surface area contributed by atoms with E-state index in [1.54, 1.807) is 42.4 Å². The van der Waals surface area contributed by atoms with Crippen molar-refractivity contribution in [1.82, 2.24) is 35.2 Å². The van der Waals surface area contributed by atoms with E-state index in [1.807, 2.05) is 24.3 Å². The fourth-order valence-electron chi connectivity index (χ4n) is 3.11. The van der Waals surface area contributed by atoms with Gasteiger partial charge in [-0.2, -0.15) is 9.49 Å². The Morgan fingerprint density at radius 3 is 2.83 bits per heavy atom. The van der Waals surface area contributed by atoms with Crippen LogP contribution < -0.4 is 4.74 Å². The fourth-order valence-corrected chi connectivity index (χ4v) is 3.11. The summed E-state index contributed by atoms with van der Waals surface area (Å²) < 4.78 is 20.8. The average Bonchev–Trinajstić information content (AvgIpc) is 3.41. The highest BCUT2D eigenvalue weighted by Gasteiger charge is 2.15. The Morgan fingerprint density at radius 2 is 2.03 bits per heavy atom. The van der Waals surface area contributed by atoms with Crippen LogP contribution in [0.5, 0.6) is 5.88 Å². The lowest BCUT2D eigenvalue weighted by atomic mass is 10.0. The Kier molecular flexibility index (Phi) is 3.98. The predicted molar refractivity (Wildman–Crippen MR) is 104 cm³/mol. The van der Waals surface area contributed by atoms with Gasteiger partial charge in [0.05, 0.1) is 30.7 Å². The van der Waals surface area contributed by atoms with Crippen molar-refractivity contribution < 1.29 is 9.13 Å². The summed E-state index contributed by atoms with van der Waals surface area (Å²) in [6.45, 7) is 0. The molecule has 0 aliphatic carbocycles. The highest BCUT2D eigenvalue weighted by Crippen LogP contribution is 2.30. The molecule has 4 aromatic heterocycles. The number of pyridine rings is 2. The van der Waals surface area contributed by atoms with Crippen LogP contribution in [0.1, 0.15) is 0 Å². The first kappa shape index (κ1) is 17.0. The van der Waals surface area contributed by atoms with Crippen LogP contribution in [0, 0.1) is 5.95 Å². The van der Waals surface area contributed by atoms with Crippen LogP contribution in [0.2, 0.25) is 0 Å². The monoisotopic (exact) mass is 387 g/mol. The van der Waals surface area contributed by atoms with E-state index < -0.39 is 5.95 Å². The zero-order valence-electron chi connectivity index (χ0n) is 15.2. The molecule has 29 heavy (non-hydrogen) atoms. The van der Waals surface area contributed by atoms with Gasteiger partial charge in [0.2, 0.25) is 11.8 Å². The lowest BCUT2D eigenvalue weighted by Gasteiger charge is -2.03. The van der Waals surface area contributed by atoms with Crippen LogP contribution >= 0.6 is 0 Å². The molecular formula is C20H14FN7O. The summed E-state index contributed by atoms with van der Waals surface area (Å²) in [5, 5.41) is 16.6. The summed E-state index contributed by atoms with van der Waals surface area (Å²) >= 11 is 0. The van der Waals surface area contributed by atoms with Crippen molar-refractivity contribution >= 4 is 10.9 Å². The van der Waals surface area contributed by atoms with E-state index in [2.05, 4.69) is 30.5 Å². The molecule has 0 bridgehead atoms. The first-order chi connectivity index (χ1) is 14.2. The quantitative estimate of drug-likeness (QED) is 0.475. The van der Waals surface area contributed by atoms with E-state index in [4.69, 9.17) is 4.74 Å². The van der Waals surface area contributed by atoms with Gasteiger partial charge in [0.15, 0.2) is 0 Å². The Morgan fingerprint density at radius 1 is 1.10 bits per heavy atom. The summed E-state index contributed by atoms with van der Waals surface area (Å²) in [4.78, 5) is 7.90. The second kappa shape index (κ2) is 6.79. The van der Waals surface area contributed by atoms with Gasteiger partial charge in [-0.25, -0.2) is 14.6 Å². The highest BCUT2D eigenvalue weighted by atomic mass is 19.1. The number of H-pyrrole nitrogens is 1. The van der Waals surface area contributed by atoms with E-state index in [1.165, 1.54) is 6.20 Å². The molecule has 1 N–H and O–H groups in total. The van der Waals surface area contributed by atoms with Gasteiger partial charge in [-0.1, -0.05) is 11.3 Å². The lowest BCUT2D eigenvalue weighted by molar-refractivity contribution is 0.397. The topological polar surface area (TPSA) is 94.4 Å². The first-order valence-corrected chi connectivity index (χ1v) is 8.75. The Bertz CT molecular complexity index is 1310. The molecule has 5 rings (SSSR count). The third kappa shape index (κ3) is 2.98. The molecule has 142 valence electrons. The molecule has 0 radical (unpaired) electrons. The van der Waals surface area contributed by atoms with Crippen LogP contribution in [0.15, 0.2) is 61.1 Å². The minimum atomic E-state index is -0.519. The van der Waals surface area contributed by atoms with Crippen molar-refractivity contribution in [3.05, 3.63) is 67.0 Å². The number of benzene rings is 1. The van der Waals surface area contributed by atoms with Gasteiger partial charge in [-0.05, 0) is 35.9 Å². The number of rotatable bonds is 4. The van der Waals surface area contributed by atoms with Crippen molar-refractivity contribution in [3.63, 3.8) is 0 Å². The van der Waals surface area contributed by atoms with Crippen LogP contribution in [-0.4, -0.2) is 42.3 Å². The summed E-state index contributed by atoms with van der Waals surface area (Å²) in [6.07, 6.45) is 4.83. The molecule has 5 aromatic rings. The Labute approximate surface area is 164 Å². The minimum absolute atomic E-state index is 0.425. The molecule has 9 heteroatoms. The predicted octanol–water partition coefficient (Wildman–Crippen LogP) is 3.42. The SMILES string of the molecule is COc1ccc(-n2cc(-c3n[nH]c4ccc(-c5cccnc5F)cc34)nn2)cn1. The Balaban J connectivity index is 1.56. The van der Waals surface area contributed by atoms with Crippen LogP contribution in [0.4, 0.5) is 4.39 Å². The molecule has 0 fully saturated rings. The van der Waals surface area contributed by atoms with E-state index in [0.29, 0.717) is 28.4 Å². The van der Waals surface area contributed by atoms with E-state index >= 15 is 0 Å². The van der Waals surface area contributed by atoms with E-state index in [9.17, 15) is 4.39 Å². The molecule has 0 atom stereocenters. The molecule has 0 saturated carbocycles. The highest BCUT2D eigenvalue weighted by molar-refractivity contribution is 5.94. The maximum atomic E-state index is 14.1. The largest absolute Gasteiger partial charge is 0.481 e. The summed E-state index contributed by atoms with van der Waals surface area (Å²) in [5.74, 6) is -0.00241. The number of nitrogens with one attached hydrogen (secondary N) is 1. The van der Waals surface area contributed by atoms with Gasteiger partial charge in [-0.15, -0.1) is 5.10 Å². The molecule has 0 aliphatic rings. The van der Waals surface area contributed by atoms with Gasteiger partial charge in [0, 0.05) is 23.2 Å². The second-order valence-electron chi connectivity index (χ2n) is 6.28. The van der Waals surface area contributed by atoms with Crippen molar-refractivity contribution in [2.75, 3.05) is 7.11 Å². The summed E-state index contributed by atoms with van der Waals surface area (Å²) in [6, 6.07) is 12.5. The number of hydrogen-bond donors (Lipinski definition) is 1. The smallest absolute Gasteiger partial charge is 0.220 e. The van der Waals surface area contributed by atoms with Gasteiger partial charge in [0.25, 0.3) is 0 Å². The lowest BCUT2D eigenvalue weighted by Crippen LogP contribution is -1.96. The standard InChI is InChI=1S/C20H14FN7O/c1-29-18-7-5-13(10-23-18)28-11-17(25-27-28)19-15-9-12(4-6-16(15)24-26-19)14-3-2-8-22-20(14)21/h2-11H,1H3,(H,24,26). The van der Waals surface area contributed by atoms with Crippen molar-refractivity contribution in [1.29, 1.82) is 0 Å². The van der Waals surface area contributed by atoms with Crippen LogP contribution in [0.25, 0.3) is 39.1 Å². The number of aromatic nitrogens is 7. The number of ether oxygens (including phenoxy) is 1. The maximum Gasteiger partial charge on any atom is 0.220 e. The summed E-state index contributed by atoms with van der Waals surface area (Å²) in [7, 11) is 1.56. The molecule has 0 spiro atoms. The number of nitrogens with zero attached hydrogens (tertiary/aromatic N) is 6. The number of hydrogen-bond acceptors (Lipinski definition) is 6. The molecule has 0 amide bonds. The van der Waals surface area contributed by atoms with Crippen LogP contribution in [-0.2, 0) is 0 Å². The number of aromatic amines is 1. The van der Waals surface area contributed by atoms with E-state index in [0.717, 1.165) is 16.6 Å². The van der Waals surface area contributed by atoms with Gasteiger partial charge in [-0.3, -0.25) is 5.10 Å². The van der Waals surface area contributed by atoms with Gasteiger partial charge >= 0.3 is 0 Å². The number of halogens is 1. The minimum Gasteiger partial charge on any atom is -0.481 e. The molecule has 0 aliphatic heterocycles. The Hall–Kier alpha value is -4.14. The maximum absolute atomic E-state index is 14.1. The van der Waals surface area contributed by atoms with Gasteiger partial charge < -0.3 is 4.74 Å². The fraction of sp³-hybridized carbons (Fsp3) is 0.0500. The molecule has 1 aromatic carbocycles. The van der Waals surface area contributed by atoms with Crippen molar-refractivity contribution in [2.24, 2.45) is 0 Å². The van der Waals surface area contributed by atoms with Gasteiger partial charge in [0.1, 0.15) is 11.4 Å². The normalized spacial score (nSPS) is 11.1.